The molecular formula is C43H86N2O6P+. The van der Waals surface area contributed by atoms with Gasteiger partial charge in [-0.25, -0.2) is 4.57 Å². The first-order valence-corrected chi connectivity index (χ1v) is 23.2. The van der Waals surface area contributed by atoms with Crippen LogP contribution >= 0.6 is 7.82 Å². The van der Waals surface area contributed by atoms with Crippen molar-refractivity contribution in [1.82, 2.24) is 5.32 Å². The number of nitrogens with one attached hydrogen (secondary N) is 1. The van der Waals surface area contributed by atoms with Gasteiger partial charge in [-0.1, -0.05) is 147 Å². The number of phosphoric ester groups is 1. The molecule has 0 aliphatic heterocycles. The maximum Gasteiger partial charge on any atom is 0.472 e. The Balaban J connectivity index is 4.44. The Morgan fingerprint density at radius 3 is 1.48 bits per heavy atom. The van der Waals surface area contributed by atoms with Gasteiger partial charge in [-0.3, -0.25) is 13.8 Å². The van der Waals surface area contributed by atoms with Crippen LogP contribution < -0.4 is 5.32 Å². The number of carbonyl (C=O) groups excluding carboxylic acids is 1. The van der Waals surface area contributed by atoms with Gasteiger partial charge in [-0.15, -0.1) is 0 Å². The number of likely N-dealkylation sites (N-methyl/N-ethyl adjacent to an activating group) is 1. The van der Waals surface area contributed by atoms with Gasteiger partial charge in [-0.05, 0) is 64.2 Å². The molecule has 1 unspecified atom stereocenters. The van der Waals surface area contributed by atoms with Crippen molar-refractivity contribution in [1.29, 1.82) is 0 Å². The first kappa shape index (κ1) is 51.0. The van der Waals surface area contributed by atoms with Crippen molar-refractivity contribution in [3.63, 3.8) is 0 Å². The second kappa shape index (κ2) is 35.7. The number of phosphoric acid groups is 1. The minimum atomic E-state index is -4.32. The molecule has 3 N–H and O–H groups in total. The minimum Gasteiger partial charge on any atom is -0.391 e. The van der Waals surface area contributed by atoms with Crippen LogP contribution in [0.15, 0.2) is 24.3 Å². The Kier molecular flexibility index (Phi) is 35.0. The van der Waals surface area contributed by atoms with E-state index in [0.717, 1.165) is 57.8 Å². The Hall–Kier alpha value is -1.02. The second-order valence-electron chi connectivity index (χ2n) is 16.1. The highest BCUT2D eigenvalue weighted by Gasteiger charge is 2.28. The first-order valence-electron chi connectivity index (χ1n) is 21.7. The lowest BCUT2D eigenvalue weighted by atomic mass is 10.0. The van der Waals surface area contributed by atoms with Crippen LogP contribution in [0.25, 0.3) is 0 Å². The van der Waals surface area contributed by atoms with Gasteiger partial charge >= 0.3 is 7.82 Å². The Morgan fingerprint density at radius 1 is 0.635 bits per heavy atom. The van der Waals surface area contributed by atoms with Gasteiger partial charge in [0.2, 0.25) is 5.91 Å². The van der Waals surface area contributed by atoms with Crippen LogP contribution in [0.4, 0.5) is 0 Å². The van der Waals surface area contributed by atoms with E-state index >= 15 is 0 Å². The molecule has 0 radical (unpaired) electrons. The molecule has 3 atom stereocenters. The van der Waals surface area contributed by atoms with Gasteiger partial charge in [0, 0.05) is 6.42 Å². The van der Waals surface area contributed by atoms with Crippen molar-refractivity contribution in [2.45, 2.75) is 206 Å². The molecule has 8 nitrogen and oxygen atoms in total. The van der Waals surface area contributed by atoms with Crippen LogP contribution in [0.5, 0.6) is 0 Å². The fourth-order valence-electron chi connectivity index (χ4n) is 6.15. The molecule has 0 fully saturated rings. The highest BCUT2D eigenvalue weighted by Crippen LogP contribution is 2.43. The first-order chi connectivity index (χ1) is 25.0. The van der Waals surface area contributed by atoms with Gasteiger partial charge in [0.25, 0.3) is 0 Å². The molecule has 9 heteroatoms. The number of quaternary nitrogens is 1. The van der Waals surface area contributed by atoms with Crippen molar-refractivity contribution in [3.8, 4) is 0 Å². The van der Waals surface area contributed by atoms with E-state index in [2.05, 4.69) is 43.5 Å². The summed E-state index contributed by atoms with van der Waals surface area (Å²) in [7, 11) is 1.59. The van der Waals surface area contributed by atoms with Gasteiger partial charge in [0.1, 0.15) is 13.2 Å². The quantitative estimate of drug-likeness (QED) is 0.0250. The van der Waals surface area contributed by atoms with E-state index in [4.69, 9.17) is 9.05 Å². The average Bonchev–Trinajstić information content (AvgIpc) is 3.09. The van der Waals surface area contributed by atoms with E-state index in [1.54, 1.807) is 0 Å². The minimum absolute atomic E-state index is 0.0684. The van der Waals surface area contributed by atoms with Crippen molar-refractivity contribution >= 4 is 13.7 Å². The number of carbonyl (C=O) groups is 1. The molecule has 0 aromatic heterocycles. The predicted molar refractivity (Wildman–Crippen MR) is 221 cm³/mol. The van der Waals surface area contributed by atoms with E-state index in [9.17, 15) is 19.4 Å². The second-order valence-corrected chi connectivity index (χ2v) is 17.5. The summed E-state index contributed by atoms with van der Waals surface area (Å²) < 4.78 is 23.6. The number of aliphatic hydroxyl groups is 1. The maximum absolute atomic E-state index is 12.8. The highest BCUT2D eigenvalue weighted by atomic mass is 31.2. The summed E-state index contributed by atoms with van der Waals surface area (Å²) >= 11 is 0. The van der Waals surface area contributed by atoms with E-state index in [0.29, 0.717) is 23.9 Å². The lowest BCUT2D eigenvalue weighted by Crippen LogP contribution is -2.46. The van der Waals surface area contributed by atoms with Gasteiger partial charge in [0.15, 0.2) is 0 Å². The monoisotopic (exact) mass is 758 g/mol. The summed E-state index contributed by atoms with van der Waals surface area (Å²) in [4.78, 5) is 23.1. The van der Waals surface area contributed by atoms with Crippen molar-refractivity contribution in [2.24, 2.45) is 0 Å². The predicted octanol–water partition coefficient (Wildman–Crippen LogP) is 11.7. The van der Waals surface area contributed by atoms with Gasteiger partial charge < -0.3 is 19.8 Å². The van der Waals surface area contributed by atoms with Crippen LogP contribution in [-0.4, -0.2) is 73.4 Å². The molecule has 1 amide bonds. The lowest BCUT2D eigenvalue weighted by Gasteiger charge is -2.26. The number of hydrogen-bond donors (Lipinski definition) is 3. The van der Waals surface area contributed by atoms with Crippen molar-refractivity contribution in [2.75, 3.05) is 40.9 Å². The van der Waals surface area contributed by atoms with Crippen LogP contribution in [0.3, 0.4) is 0 Å². The van der Waals surface area contributed by atoms with Crippen LogP contribution in [0, 0.1) is 0 Å². The number of rotatable bonds is 39. The maximum atomic E-state index is 12.8. The van der Waals surface area contributed by atoms with E-state index in [1.807, 2.05) is 21.1 Å². The third kappa shape index (κ3) is 37.3. The fourth-order valence-corrected chi connectivity index (χ4v) is 6.89. The van der Waals surface area contributed by atoms with E-state index < -0.39 is 20.0 Å². The summed E-state index contributed by atoms with van der Waals surface area (Å²) in [5, 5.41) is 13.9. The normalized spacial score (nSPS) is 14.7. The topological polar surface area (TPSA) is 105 Å². The molecule has 0 rings (SSSR count). The largest absolute Gasteiger partial charge is 0.472 e. The number of nitrogens with zero attached hydrogens (tertiary/aromatic N) is 1. The number of amides is 1. The van der Waals surface area contributed by atoms with Crippen LogP contribution in [0.2, 0.25) is 0 Å². The molecule has 0 aliphatic rings. The number of aliphatic hydroxyl groups excluding tert-OH is 1. The summed E-state index contributed by atoms with van der Waals surface area (Å²) in [5.41, 5.74) is 0. The molecule has 0 bridgehead atoms. The molecule has 0 aliphatic carbocycles. The molecule has 308 valence electrons. The molecule has 0 saturated carbocycles. The van der Waals surface area contributed by atoms with Gasteiger partial charge in [0.05, 0.1) is 39.9 Å². The smallest absolute Gasteiger partial charge is 0.391 e. The molecule has 0 aromatic rings. The Bertz CT molecular complexity index is 907. The molecule has 0 saturated heterocycles. The van der Waals surface area contributed by atoms with Crippen molar-refractivity contribution < 1.29 is 32.9 Å². The highest BCUT2D eigenvalue weighted by molar-refractivity contribution is 7.47. The zero-order valence-corrected chi connectivity index (χ0v) is 35.7. The lowest BCUT2D eigenvalue weighted by molar-refractivity contribution is -0.870. The van der Waals surface area contributed by atoms with Crippen LogP contribution in [0.1, 0.15) is 194 Å². The third-order valence-corrected chi connectivity index (χ3v) is 10.7. The molecule has 0 spiro atoms. The average molecular weight is 758 g/mol. The van der Waals surface area contributed by atoms with Crippen molar-refractivity contribution in [3.05, 3.63) is 24.3 Å². The molecule has 0 aromatic carbocycles. The number of hydrogen-bond acceptors (Lipinski definition) is 5. The number of allylic oxidation sites excluding steroid dienone is 4. The van der Waals surface area contributed by atoms with E-state index in [1.165, 1.54) is 109 Å². The summed E-state index contributed by atoms with van der Waals surface area (Å²) in [6, 6.07) is -0.778. The SMILES string of the molecule is CCCCCCC/C=C/CCCCCCCC(=O)N[C@@H](COP(=O)(O)OCC[N+](C)(C)C)[C@H](O)CCCC/C=C/CCCCCCCCCCCC. The summed E-state index contributed by atoms with van der Waals surface area (Å²) in [6.07, 6.45) is 40.6. The Labute approximate surface area is 322 Å². The molecular weight excluding hydrogens is 671 g/mol. The third-order valence-electron chi connectivity index (χ3n) is 9.67. The van der Waals surface area contributed by atoms with Gasteiger partial charge in [-0.2, -0.15) is 0 Å². The number of unbranched alkanes of at least 4 members (excludes halogenated alkanes) is 22. The zero-order chi connectivity index (χ0) is 38.6. The fraction of sp³-hybridized carbons (Fsp3) is 0.884. The summed E-state index contributed by atoms with van der Waals surface area (Å²) in [5.74, 6) is -0.164. The standard InChI is InChI=1S/C43H85N2O6P/c1-6-8-10-12-14-16-18-20-22-23-24-26-28-30-32-34-36-42(46)41(40-51-52(48,49)50-39-38-45(3,4)5)44-43(47)37-35-33-31-29-27-25-21-19-17-15-13-11-9-7-2/h19,21,26,28,41-42,46H,6-18,20,22-25,27,29-40H2,1-5H3,(H-,44,47,48,49)/p+1/b21-19+,28-26+/t41-,42+/m0/s1. The van der Waals surface area contributed by atoms with Crippen LogP contribution in [-0.2, 0) is 18.4 Å². The zero-order valence-electron chi connectivity index (χ0n) is 34.8. The van der Waals surface area contributed by atoms with E-state index in [-0.39, 0.29) is 19.1 Å². The molecule has 52 heavy (non-hydrogen) atoms. The Morgan fingerprint density at radius 2 is 1.04 bits per heavy atom. The molecule has 0 heterocycles. The summed E-state index contributed by atoms with van der Waals surface area (Å²) in [6.45, 7) is 4.84.